The largest absolute Gasteiger partial charge is 0.511 e. The summed E-state index contributed by atoms with van der Waals surface area (Å²) in [5.41, 5.74) is -5.25. The van der Waals surface area contributed by atoms with Crippen LogP contribution in [0, 0.1) is 5.92 Å². The van der Waals surface area contributed by atoms with Crippen LogP contribution in [0.15, 0.2) is 0 Å². The summed E-state index contributed by atoms with van der Waals surface area (Å²) in [4.78, 5) is 0. The van der Waals surface area contributed by atoms with Crippen LogP contribution < -0.4 is 4.72 Å². The highest BCUT2D eigenvalue weighted by atomic mass is 32.2. The summed E-state index contributed by atoms with van der Waals surface area (Å²) in [6, 6.07) is 0. The molecule has 0 saturated heterocycles. The summed E-state index contributed by atoms with van der Waals surface area (Å²) in [6.45, 7) is 4.74. The number of halogens is 3. The van der Waals surface area contributed by atoms with Gasteiger partial charge in [-0.3, -0.25) is 0 Å². The summed E-state index contributed by atoms with van der Waals surface area (Å²) in [6.07, 6.45) is 4.55. The quantitative estimate of drug-likeness (QED) is 0.596. The fraction of sp³-hybridized carbons (Fsp3) is 1.00. The van der Waals surface area contributed by atoms with Crippen molar-refractivity contribution in [2.24, 2.45) is 5.92 Å². The lowest BCUT2D eigenvalue weighted by molar-refractivity contribution is -0.0448. The van der Waals surface area contributed by atoms with E-state index < -0.39 is 15.5 Å². The highest BCUT2D eigenvalue weighted by Crippen LogP contribution is 2.21. The van der Waals surface area contributed by atoms with E-state index in [9.17, 15) is 21.6 Å². The molecule has 0 rings (SSSR count). The Morgan fingerprint density at radius 2 is 1.85 bits per heavy atom. The van der Waals surface area contributed by atoms with Crippen molar-refractivity contribution in [3.05, 3.63) is 0 Å². The molecule has 0 aromatic carbocycles. The fourth-order valence-corrected chi connectivity index (χ4v) is 2.19. The summed E-state index contributed by atoms with van der Waals surface area (Å²) >= 11 is 0. The van der Waals surface area contributed by atoms with Crippen LogP contribution in [0.3, 0.4) is 0 Å². The van der Waals surface area contributed by atoms with Gasteiger partial charge in [-0.05, 0) is 18.8 Å². The molecule has 1 atom stereocenters. The van der Waals surface area contributed by atoms with Crippen LogP contribution in [0.5, 0.6) is 0 Å². The van der Waals surface area contributed by atoms with Crippen LogP contribution in [0.25, 0.3) is 0 Å². The van der Waals surface area contributed by atoms with Gasteiger partial charge in [0.25, 0.3) is 0 Å². The van der Waals surface area contributed by atoms with E-state index in [0.29, 0.717) is 12.5 Å². The summed E-state index contributed by atoms with van der Waals surface area (Å²) < 4.78 is 64.2. The molecular formula is C12H24F3NO3S. The highest BCUT2D eigenvalue weighted by Gasteiger charge is 2.45. The molecule has 0 heterocycles. The molecule has 0 aliphatic rings. The molecule has 0 amide bonds. The molecule has 4 nitrogen and oxygen atoms in total. The third-order valence-electron chi connectivity index (χ3n) is 2.96. The molecule has 0 saturated carbocycles. The van der Waals surface area contributed by atoms with Gasteiger partial charge in [-0.15, -0.1) is 0 Å². The lowest BCUT2D eigenvalue weighted by atomic mass is 10.0. The van der Waals surface area contributed by atoms with Crippen LogP contribution >= 0.6 is 0 Å². The first-order chi connectivity index (χ1) is 9.24. The van der Waals surface area contributed by atoms with E-state index in [0.717, 1.165) is 25.7 Å². The number of sulfonamides is 1. The normalized spacial score (nSPS) is 14.4. The topological polar surface area (TPSA) is 55.4 Å². The number of unbranched alkanes of at least 4 members (excludes halogenated alkanes) is 1. The zero-order chi connectivity index (χ0) is 15.6. The molecule has 1 unspecified atom stereocenters. The maximum absolute atomic E-state index is 12.0. The SMILES string of the molecule is CCCCC(CC)COCCCNS(=O)(=O)C(F)(F)F. The Kier molecular flexibility index (Phi) is 9.41. The number of rotatable bonds is 11. The third kappa shape index (κ3) is 8.06. The van der Waals surface area contributed by atoms with Gasteiger partial charge in [-0.1, -0.05) is 33.1 Å². The van der Waals surface area contributed by atoms with Gasteiger partial charge < -0.3 is 4.74 Å². The van der Waals surface area contributed by atoms with Crippen molar-refractivity contribution in [3.8, 4) is 0 Å². The van der Waals surface area contributed by atoms with E-state index >= 15 is 0 Å². The third-order valence-corrected chi connectivity index (χ3v) is 4.15. The molecular weight excluding hydrogens is 295 g/mol. The van der Waals surface area contributed by atoms with Gasteiger partial charge in [0, 0.05) is 19.8 Å². The molecule has 0 radical (unpaired) electrons. The standard InChI is InChI=1S/C12H24F3NO3S/c1-3-5-7-11(4-2)10-19-9-6-8-16-20(17,18)12(13,14)15/h11,16H,3-10H2,1-2H3. The fourth-order valence-electron chi connectivity index (χ4n) is 1.61. The first kappa shape index (κ1) is 19.7. The Bertz CT molecular complexity index is 344. The monoisotopic (exact) mass is 319 g/mol. The van der Waals surface area contributed by atoms with Crippen molar-refractivity contribution in [1.82, 2.24) is 4.72 Å². The van der Waals surface area contributed by atoms with Crippen molar-refractivity contribution < 1.29 is 26.3 Å². The number of nitrogens with one attached hydrogen (secondary N) is 1. The number of hydrogen-bond acceptors (Lipinski definition) is 3. The minimum absolute atomic E-state index is 0.222. The summed E-state index contributed by atoms with van der Waals surface area (Å²) in [7, 11) is -5.22. The zero-order valence-electron chi connectivity index (χ0n) is 12.0. The molecule has 20 heavy (non-hydrogen) atoms. The molecule has 1 N–H and O–H groups in total. The Hall–Kier alpha value is -0.340. The van der Waals surface area contributed by atoms with Crippen LogP contribution in [-0.2, 0) is 14.8 Å². The molecule has 8 heteroatoms. The molecule has 0 aromatic heterocycles. The Labute approximate surface area is 119 Å². The Morgan fingerprint density at radius 3 is 2.35 bits per heavy atom. The van der Waals surface area contributed by atoms with E-state index in [-0.39, 0.29) is 19.6 Å². The van der Waals surface area contributed by atoms with Crippen molar-refractivity contribution in [2.45, 2.75) is 51.5 Å². The molecule has 0 aliphatic heterocycles. The van der Waals surface area contributed by atoms with Crippen molar-refractivity contribution in [1.29, 1.82) is 0 Å². The minimum atomic E-state index is -5.25. The molecule has 0 aliphatic carbocycles. The Balaban J connectivity index is 3.72. The Morgan fingerprint density at radius 1 is 1.20 bits per heavy atom. The van der Waals surface area contributed by atoms with Gasteiger partial charge in [0.1, 0.15) is 0 Å². The first-order valence-corrected chi connectivity index (χ1v) is 8.36. The van der Waals surface area contributed by atoms with E-state index in [1.165, 1.54) is 4.72 Å². The lowest BCUT2D eigenvalue weighted by Gasteiger charge is -2.14. The van der Waals surface area contributed by atoms with Gasteiger partial charge >= 0.3 is 15.5 Å². The van der Waals surface area contributed by atoms with Crippen molar-refractivity contribution >= 4 is 10.0 Å². The average Bonchev–Trinajstić information content (AvgIpc) is 2.35. The van der Waals surface area contributed by atoms with Gasteiger partial charge in [-0.2, -0.15) is 13.2 Å². The van der Waals surface area contributed by atoms with E-state index in [1.54, 1.807) is 0 Å². The van der Waals surface area contributed by atoms with E-state index in [1.807, 2.05) is 0 Å². The predicted molar refractivity (Wildman–Crippen MR) is 71.7 cm³/mol. The van der Waals surface area contributed by atoms with Crippen molar-refractivity contribution in [3.63, 3.8) is 0 Å². The van der Waals surface area contributed by atoms with E-state index in [2.05, 4.69) is 13.8 Å². The number of ether oxygens (including phenoxy) is 1. The van der Waals surface area contributed by atoms with Crippen LogP contribution in [-0.4, -0.2) is 33.7 Å². The number of hydrogen-bond donors (Lipinski definition) is 1. The van der Waals surface area contributed by atoms with Gasteiger partial charge in [0.15, 0.2) is 0 Å². The van der Waals surface area contributed by atoms with Gasteiger partial charge in [0.2, 0.25) is 0 Å². The first-order valence-electron chi connectivity index (χ1n) is 6.88. The molecule has 0 spiro atoms. The zero-order valence-corrected chi connectivity index (χ0v) is 12.8. The van der Waals surface area contributed by atoms with Crippen LogP contribution in [0.4, 0.5) is 13.2 Å². The lowest BCUT2D eigenvalue weighted by Crippen LogP contribution is -2.37. The van der Waals surface area contributed by atoms with Crippen molar-refractivity contribution in [2.75, 3.05) is 19.8 Å². The second-order valence-electron chi connectivity index (χ2n) is 4.69. The molecule has 0 aromatic rings. The smallest absolute Gasteiger partial charge is 0.381 e. The molecule has 0 bridgehead atoms. The minimum Gasteiger partial charge on any atom is -0.381 e. The van der Waals surface area contributed by atoms with Gasteiger partial charge in [0.05, 0.1) is 0 Å². The van der Waals surface area contributed by atoms with Crippen LogP contribution in [0.2, 0.25) is 0 Å². The summed E-state index contributed by atoms with van der Waals surface area (Å²) in [5, 5.41) is 0. The predicted octanol–water partition coefficient (Wildman–Crippen LogP) is 3.05. The maximum Gasteiger partial charge on any atom is 0.511 e. The average molecular weight is 319 g/mol. The molecule has 122 valence electrons. The highest BCUT2D eigenvalue weighted by molar-refractivity contribution is 7.90. The van der Waals surface area contributed by atoms with E-state index in [4.69, 9.17) is 4.74 Å². The second-order valence-corrected chi connectivity index (χ2v) is 6.45. The second kappa shape index (κ2) is 9.57. The number of alkyl halides is 3. The summed E-state index contributed by atoms with van der Waals surface area (Å²) in [5.74, 6) is 0.460. The van der Waals surface area contributed by atoms with Crippen LogP contribution in [0.1, 0.15) is 46.0 Å². The maximum atomic E-state index is 12.0. The van der Waals surface area contributed by atoms with Gasteiger partial charge in [-0.25, -0.2) is 13.1 Å². The molecule has 0 fully saturated rings.